The molecule has 0 bridgehead atoms. The molecule has 15 heteroatoms. The number of halogens is 8. The van der Waals surface area contributed by atoms with Crippen LogP contribution in [-0.2, 0) is 0 Å². The Balaban J connectivity index is 0.00000190. The van der Waals surface area contributed by atoms with Gasteiger partial charge >= 0.3 is 12.5 Å². The highest BCUT2D eigenvalue weighted by Crippen LogP contribution is 2.39. The van der Waals surface area contributed by atoms with Gasteiger partial charge in [-0.15, -0.1) is 48.2 Å². The fourth-order valence-corrected chi connectivity index (χ4v) is 4.32. The zero-order chi connectivity index (χ0) is 25.0. The first-order valence-corrected chi connectivity index (χ1v) is 10.6. The second kappa shape index (κ2) is 10.5. The lowest BCUT2D eigenvalue weighted by atomic mass is 10.1. The number of aromatic nitrogens is 4. The number of pyridine rings is 2. The number of hydrogen-bond acceptors (Lipinski definition) is 6. The Hall–Kier alpha value is -2.87. The number of hydrogen-bond donors (Lipinski definition) is 1. The summed E-state index contributed by atoms with van der Waals surface area (Å²) in [5, 5.41) is 8.59. The number of fused-ring (bicyclic) bond motifs is 2. The standard InChI is InChI=1S/C22H18F6N6O.2ClH/c23-21(24,25)19(33-8-7-14(29)11-33)13-3-6-18-31-32-20(34(18)10-13)16-5-2-12-1-4-15(9-17(12)30-16)35-22(26,27)28;;/h1-6,9-10,14,19H,7-8,11,29H2;2*1H/t14-,19+;;/m0../s1. The summed E-state index contributed by atoms with van der Waals surface area (Å²) >= 11 is 0. The third-order valence-electron chi connectivity index (χ3n) is 5.80. The number of likely N-dealkylation sites (tertiary alicyclic amines) is 1. The third kappa shape index (κ3) is 6.00. The monoisotopic (exact) mass is 568 g/mol. The van der Waals surface area contributed by atoms with Crippen molar-refractivity contribution < 1.29 is 31.1 Å². The summed E-state index contributed by atoms with van der Waals surface area (Å²) in [5.41, 5.74) is 6.52. The molecule has 2 N–H and O–H groups in total. The van der Waals surface area contributed by atoms with Gasteiger partial charge in [0.05, 0.1) is 5.52 Å². The van der Waals surface area contributed by atoms with Crippen LogP contribution in [0.3, 0.4) is 0 Å². The molecule has 1 saturated heterocycles. The zero-order valence-corrected chi connectivity index (χ0v) is 20.3. The fraction of sp³-hybridized carbons (Fsp3) is 0.318. The summed E-state index contributed by atoms with van der Waals surface area (Å²) < 4.78 is 85.2. The molecular weight excluding hydrogens is 549 g/mol. The van der Waals surface area contributed by atoms with Gasteiger partial charge in [-0.1, -0.05) is 12.1 Å². The van der Waals surface area contributed by atoms with Crippen LogP contribution in [0.2, 0.25) is 0 Å². The van der Waals surface area contributed by atoms with Crippen molar-refractivity contribution in [1.29, 1.82) is 0 Å². The van der Waals surface area contributed by atoms with Crippen LogP contribution >= 0.6 is 24.8 Å². The van der Waals surface area contributed by atoms with Gasteiger partial charge in [0, 0.05) is 36.8 Å². The second-order valence-corrected chi connectivity index (χ2v) is 8.30. The van der Waals surface area contributed by atoms with Crippen LogP contribution < -0.4 is 10.5 Å². The van der Waals surface area contributed by atoms with Gasteiger partial charge in [-0.2, -0.15) is 13.2 Å². The van der Waals surface area contributed by atoms with Crippen LogP contribution in [0.25, 0.3) is 28.1 Å². The van der Waals surface area contributed by atoms with E-state index < -0.39 is 24.3 Å². The second-order valence-electron chi connectivity index (χ2n) is 8.30. The molecule has 37 heavy (non-hydrogen) atoms. The molecular formula is C22H20Cl2F6N6O. The van der Waals surface area contributed by atoms with Gasteiger partial charge < -0.3 is 10.5 Å². The lowest BCUT2D eigenvalue weighted by Crippen LogP contribution is -2.38. The highest BCUT2D eigenvalue weighted by molar-refractivity contribution is 5.85. The molecule has 5 rings (SSSR count). The number of ether oxygens (including phenoxy) is 1. The van der Waals surface area contributed by atoms with Gasteiger partial charge in [0.15, 0.2) is 11.5 Å². The molecule has 2 atom stereocenters. The van der Waals surface area contributed by atoms with E-state index in [1.54, 1.807) is 12.1 Å². The molecule has 0 radical (unpaired) electrons. The highest BCUT2D eigenvalue weighted by Gasteiger charge is 2.46. The van der Waals surface area contributed by atoms with Crippen molar-refractivity contribution in [3.63, 3.8) is 0 Å². The topological polar surface area (TPSA) is 81.6 Å². The van der Waals surface area contributed by atoms with Crippen molar-refractivity contribution in [3.8, 4) is 17.3 Å². The van der Waals surface area contributed by atoms with E-state index in [0.29, 0.717) is 17.5 Å². The summed E-state index contributed by atoms with van der Waals surface area (Å²) in [6, 6.07) is 7.47. The molecule has 1 aromatic carbocycles. The van der Waals surface area contributed by atoms with E-state index in [-0.39, 0.29) is 66.5 Å². The minimum absolute atomic E-state index is 0. The maximum atomic E-state index is 14.0. The average molecular weight is 569 g/mol. The molecule has 0 amide bonds. The molecule has 200 valence electrons. The molecule has 1 aliphatic rings. The molecule has 3 aromatic heterocycles. The normalized spacial score (nSPS) is 17.4. The van der Waals surface area contributed by atoms with Crippen molar-refractivity contribution in [2.75, 3.05) is 13.1 Å². The molecule has 0 aliphatic carbocycles. The Morgan fingerprint density at radius 1 is 0.973 bits per heavy atom. The lowest BCUT2D eigenvalue weighted by Gasteiger charge is -2.30. The lowest BCUT2D eigenvalue weighted by molar-refractivity contribution is -0.274. The van der Waals surface area contributed by atoms with E-state index in [2.05, 4.69) is 19.9 Å². The van der Waals surface area contributed by atoms with Gasteiger partial charge in [0.25, 0.3) is 0 Å². The molecule has 0 spiro atoms. The minimum Gasteiger partial charge on any atom is -0.406 e. The van der Waals surface area contributed by atoms with E-state index >= 15 is 0 Å². The number of rotatable bonds is 4. The van der Waals surface area contributed by atoms with Crippen LogP contribution in [0.1, 0.15) is 18.0 Å². The third-order valence-corrected chi connectivity index (χ3v) is 5.80. The summed E-state index contributed by atoms with van der Waals surface area (Å²) in [6.07, 6.45) is -7.63. The first-order valence-electron chi connectivity index (χ1n) is 10.6. The average Bonchev–Trinajstić information content (AvgIpc) is 3.37. The number of nitrogens with zero attached hydrogens (tertiary/aromatic N) is 5. The first-order chi connectivity index (χ1) is 16.5. The van der Waals surface area contributed by atoms with E-state index in [9.17, 15) is 26.3 Å². The predicted molar refractivity (Wildman–Crippen MR) is 128 cm³/mol. The van der Waals surface area contributed by atoms with Crippen molar-refractivity contribution in [2.24, 2.45) is 5.73 Å². The molecule has 4 aromatic rings. The summed E-state index contributed by atoms with van der Waals surface area (Å²) in [6.45, 7) is 0.332. The molecule has 1 fully saturated rings. The zero-order valence-electron chi connectivity index (χ0n) is 18.7. The van der Waals surface area contributed by atoms with Crippen molar-refractivity contribution in [1.82, 2.24) is 24.5 Å². The molecule has 1 aliphatic heterocycles. The Kier molecular flexibility index (Phi) is 8.13. The van der Waals surface area contributed by atoms with E-state index in [1.807, 2.05) is 0 Å². The maximum absolute atomic E-state index is 14.0. The maximum Gasteiger partial charge on any atom is 0.573 e. The first kappa shape index (κ1) is 28.7. The van der Waals surface area contributed by atoms with Crippen LogP contribution in [0.15, 0.2) is 48.7 Å². The quantitative estimate of drug-likeness (QED) is 0.335. The summed E-state index contributed by atoms with van der Waals surface area (Å²) in [5.74, 6) is -0.301. The van der Waals surface area contributed by atoms with Crippen LogP contribution in [0.5, 0.6) is 5.75 Å². The van der Waals surface area contributed by atoms with Crippen LogP contribution in [-0.4, -0.2) is 56.2 Å². The summed E-state index contributed by atoms with van der Waals surface area (Å²) in [7, 11) is 0. The van der Waals surface area contributed by atoms with E-state index in [4.69, 9.17) is 5.73 Å². The van der Waals surface area contributed by atoms with E-state index in [1.165, 1.54) is 33.7 Å². The molecule has 7 nitrogen and oxygen atoms in total. The summed E-state index contributed by atoms with van der Waals surface area (Å²) in [4.78, 5) is 5.65. The van der Waals surface area contributed by atoms with Gasteiger partial charge in [0.1, 0.15) is 17.5 Å². The van der Waals surface area contributed by atoms with Gasteiger partial charge in [-0.3, -0.25) is 9.30 Å². The largest absolute Gasteiger partial charge is 0.573 e. The van der Waals surface area contributed by atoms with E-state index in [0.717, 1.165) is 12.1 Å². The van der Waals surface area contributed by atoms with Crippen LogP contribution in [0.4, 0.5) is 26.3 Å². The molecule has 4 heterocycles. The Morgan fingerprint density at radius 2 is 1.70 bits per heavy atom. The van der Waals surface area contributed by atoms with Crippen molar-refractivity contribution in [3.05, 3.63) is 54.2 Å². The van der Waals surface area contributed by atoms with Crippen molar-refractivity contribution in [2.45, 2.75) is 31.0 Å². The van der Waals surface area contributed by atoms with Gasteiger partial charge in [-0.05, 0) is 36.2 Å². The highest BCUT2D eigenvalue weighted by atomic mass is 35.5. The van der Waals surface area contributed by atoms with Gasteiger partial charge in [0.2, 0.25) is 0 Å². The number of alkyl halides is 6. The number of nitrogens with two attached hydrogens (primary N) is 1. The van der Waals surface area contributed by atoms with Crippen LogP contribution in [0, 0.1) is 0 Å². The minimum atomic E-state index is -4.86. The predicted octanol–water partition coefficient (Wildman–Crippen LogP) is 5.32. The fourth-order valence-electron chi connectivity index (χ4n) is 4.32. The number of benzene rings is 1. The molecule has 0 saturated carbocycles. The SMILES string of the molecule is Cl.Cl.N[C@H]1CCN([C@H](c2ccc3nnc(-c4ccc5ccc(OC(F)(F)F)cc5n4)n3c2)C(F)(F)F)C1. The molecule has 0 unspecified atom stereocenters. The van der Waals surface area contributed by atoms with Crippen molar-refractivity contribution >= 4 is 41.4 Å². The Labute approximate surface area is 218 Å². The Bertz CT molecular complexity index is 1400. The van der Waals surface area contributed by atoms with Gasteiger partial charge in [-0.25, -0.2) is 4.98 Å². The smallest absolute Gasteiger partial charge is 0.406 e. The Morgan fingerprint density at radius 3 is 2.35 bits per heavy atom.